The normalized spacial score (nSPS) is 15.8. The molecule has 1 heterocycles. The fraction of sp³-hybridized carbons (Fsp3) is 0.483. The number of esters is 1. The Morgan fingerprint density at radius 1 is 1.10 bits per heavy atom. The number of benzene rings is 2. The van der Waals surface area contributed by atoms with Crippen molar-refractivity contribution in [1.82, 2.24) is 19.7 Å². The van der Waals surface area contributed by atoms with E-state index < -0.39 is 34.2 Å². The molecule has 1 aliphatic heterocycles. The summed E-state index contributed by atoms with van der Waals surface area (Å²) in [6.45, 7) is 5.86. The molecule has 13 heteroatoms. The molecule has 230 valence electrons. The fourth-order valence-electron chi connectivity index (χ4n) is 4.64. The number of carbonyl (C=O) groups is 3. The van der Waals surface area contributed by atoms with E-state index in [1.807, 2.05) is 32.0 Å². The lowest BCUT2D eigenvalue weighted by Crippen LogP contribution is -2.55. The van der Waals surface area contributed by atoms with Gasteiger partial charge in [-0.1, -0.05) is 55.8 Å². The van der Waals surface area contributed by atoms with Gasteiger partial charge in [-0.2, -0.15) is 17.9 Å². The van der Waals surface area contributed by atoms with Crippen molar-refractivity contribution in [2.24, 2.45) is 5.92 Å². The van der Waals surface area contributed by atoms with Crippen LogP contribution in [0.5, 0.6) is 5.75 Å². The zero-order valence-corrected chi connectivity index (χ0v) is 25.7. The zero-order valence-electron chi connectivity index (χ0n) is 24.1. The molecular weight excluding hydrogens is 584 g/mol. The highest BCUT2D eigenvalue weighted by molar-refractivity contribution is 7.87. The summed E-state index contributed by atoms with van der Waals surface area (Å²) in [7, 11) is -4.01. The number of likely N-dealkylation sites (tertiary alicyclic amines) is 1. The second-order valence-electron chi connectivity index (χ2n) is 10.4. The summed E-state index contributed by atoms with van der Waals surface area (Å²) in [5.41, 5.74) is 1.32. The second-order valence-corrected chi connectivity index (χ2v) is 12.3. The van der Waals surface area contributed by atoms with Crippen molar-refractivity contribution in [1.29, 1.82) is 0 Å². The number of hydrogen-bond acceptors (Lipinski definition) is 7. The van der Waals surface area contributed by atoms with E-state index >= 15 is 0 Å². The Bertz CT molecular complexity index is 1320. The summed E-state index contributed by atoms with van der Waals surface area (Å²) >= 11 is 6.15. The van der Waals surface area contributed by atoms with E-state index in [0.29, 0.717) is 35.7 Å². The van der Waals surface area contributed by atoms with Crippen LogP contribution >= 0.6 is 11.6 Å². The number of amides is 2. The van der Waals surface area contributed by atoms with Crippen LogP contribution in [0.1, 0.15) is 51.2 Å². The number of carbonyl (C=O) groups excluding carboxylic acids is 3. The molecule has 1 aliphatic rings. The Kier molecular flexibility index (Phi) is 12.6. The van der Waals surface area contributed by atoms with Gasteiger partial charge >= 0.3 is 5.97 Å². The van der Waals surface area contributed by atoms with Crippen molar-refractivity contribution < 1.29 is 32.3 Å². The predicted molar refractivity (Wildman–Crippen MR) is 159 cm³/mol. The average molecular weight is 623 g/mol. The number of nitrogens with one attached hydrogen (secondary N) is 3. The van der Waals surface area contributed by atoms with Crippen molar-refractivity contribution in [3.63, 3.8) is 0 Å². The summed E-state index contributed by atoms with van der Waals surface area (Å²) < 4.78 is 41.2. The minimum Gasteiger partial charge on any atom is -0.482 e. The highest BCUT2D eigenvalue weighted by Crippen LogP contribution is 2.24. The van der Waals surface area contributed by atoms with Gasteiger partial charge in [0, 0.05) is 30.2 Å². The minimum atomic E-state index is -4.01. The van der Waals surface area contributed by atoms with Gasteiger partial charge in [0.05, 0.1) is 6.61 Å². The Hall–Kier alpha value is -3.19. The Morgan fingerprint density at radius 2 is 1.83 bits per heavy atom. The lowest BCUT2D eigenvalue weighted by molar-refractivity contribution is -0.145. The van der Waals surface area contributed by atoms with Crippen LogP contribution in [-0.2, 0) is 42.4 Å². The Labute approximate surface area is 252 Å². The lowest BCUT2D eigenvalue weighted by atomic mass is 10.0. The Morgan fingerprint density at radius 3 is 2.52 bits per heavy atom. The molecule has 2 atom stereocenters. The van der Waals surface area contributed by atoms with Gasteiger partial charge in [-0.15, -0.1) is 0 Å². The summed E-state index contributed by atoms with van der Waals surface area (Å²) in [6.07, 6.45) is 1.30. The molecule has 2 aromatic carbocycles. The van der Waals surface area contributed by atoms with Crippen molar-refractivity contribution >= 4 is 39.6 Å². The highest BCUT2D eigenvalue weighted by Gasteiger charge is 2.38. The molecule has 0 unspecified atom stereocenters. The van der Waals surface area contributed by atoms with Gasteiger partial charge in [0.2, 0.25) is 11.8 Å². The molecular formula is C29H39ClN4O7S. The maximum atomic E-state index is 13.6. The van der Waals surface area contributed by atoms with Crippen molar-refractivity contribution in [2.75, 3.05) is 19.8 Å². The molecule has 11 nitrogen and oxygen atoms in total. The van der Waals surface area contributed by atoms with Gasteiger partial charge in [-0.05, 0) is 55.9 Å². The summed E-state index contributed by atoms with van der Waals surface area (Å²) in [6, 6.07) is 12.1. The van der Waals surface area contributed by atoms with Crippen molar-refractivity contribution in [3.05, 3.63) is 64.7 Å². The van der Waals surface area contributed by atoms with Crippen LogP contribution in [0.4, 0.5) is 0 Å². The SMILES string of the molecule is CCOC(=O)COc1ccc(Cl)cc1CNC(=O)[C@@H]1CCCN1C(=O)[C@H](CC(C)C)NS(=O)(=O)NCc1ccccc1. The smallest absolute Gasteiger partial charge is 0.344 e. The molecule has 42 heavy (non-hydrogen) atoms. The number of ether oxygens (including phenoxy) is 2. The van der Waals surface area contributed by atoms with Crippen LogP contribution in [0.2, 0.25) is 5.02 Å². The number of hydrogen-bond donors (Lipinski definition) is 3. The van der Waals surface area contributed by atoms with E-state index in [2.05, 4.69) is 14.8 Å². The van der Waals surface area contributed by atoms with Gasteiger partial charge < -0.3 is 19.7 Å². The van der Waals surface area contributed by atoms with Crippen LogP contribution in [-0.4, -0.2) is 62.9 Å². The molecule has 0 aromatic heterocycles. The third-order valence-corrected chi connectivity index (χ3v) is 7.93. The van der Waals surface area contributed by atoms with E-state index in [4.69, 9.17) is 21.1 Å². The van der Waals surface area contributed by atoms with E-state index in [-0.39, 0.29) is 44.5 Å². The third kappa shape index (κ3) is 10.3. The first-order valence-electron chi connectivity index (χ1n) is 13.9. The van der Waals surface area contributed by atoms with Crippen LogP contribution < -0.4 is 19.5 Å². The summed E-state index contributed by atoms with van der Waals surface area (Å²) in [5, 5.41) is 3.26. The second kappa shape index (κ2) is 15.9. The number of rotatable bonds is 15. The monoisotopic (exact) mass is 622 g/mol. The molecule has 2 aromatic rings. The van der Waals surface area contributed by atoms with Gasteiger partial charge in [0.15, 0.2) is 6.61 Å². The van der Waals surface area contributed by atoms with Crippen LogP contribution in [0.15, 0.2) is 48.5 Å². The molecule has 0 saturated carbocycles. The van der Waals surface area contributed by atoms with Crippen molar-refractivity contribution in [3.8, 4) is 5.75 Å². The van der Waals surface area contributed by atoms with E-state index in [1.165, 1.54) is 4.90 Å². The van der Waals surface area contributed by atoms with Gasteiger partial charge in [-0.3, -0.25) is 9.59 Å². The topological polar surface area (TPSA) is 143 Å². The molecule has 0 bridgehead atoms. The van der Waals surface area contributed by atoms with E-state index in [0.717, 1.165) is 5.56 Å². The average Bonchev–Trinajstić information content (AvgIpc) is 3.44. The molecule has 1 fully saturated rings. The maximum absolute atomic E-state index is 13.6. The minimum absolute atomic E-state index is 0.0153. The third-order valence-electron chi connectivity index (χ3n) is 6.58. The first-order chi connectivity index (χ1) is 20.0. The molecule has 0 aliphatic carbocycles. The van der Waals surface area contributed by atoms with Gasteiger partial charge in [0.1, 0.15) is 17.8 Å². The molecule has 3 rings (SSSR count). The predicted octanol–water partition coefficient (Wildman–Crippen LogP) is 2.93. The Balaban J connectivity index is 1.66. The molecule has 1 saturated heterocycles. The first kappa shape index (κ1) is 33.3. The van der Waals surface area contributed by atoms with Gasteiger partial charge in [0.25, 0.3) is 10.2 Å². The standard InChI is InChI=1S/C29H39ClN4O7S/c1-4-40-27(35)19-41-26-13-12-23(30)16-22(26)18-31-28(36)25-11-8-14-34(25)29(37)24(15-20(2)3)33-42(38,39)32-17-21-9-6-5-7-10-21/h5-7,9-10,12-13,16,20,24-25,32-33H,4,8,11,14-15,17-19H2,1-3H3,(H,31,36)/t24-,25-/m0/s1. The zero-order chi connectivity index (χ0) is 30.7. The highest BCUT2D eigenvalue weighted by atomic mass is 35.5. The lowest BCUT2D eigenvalue weighted by Gasteiger charge is -2.29. The fourth-order valence-corrected chi connectivity index (χ4v) is 5.85. The summed E-state index contributed by atoms with van der Waals surface area (Å²) in [5.74, 6) is -0.981. The van der Waals surface area contributed by atoms with Crippen LogP contribution in [0.3, 0.4) is 0 Å². The number of nitrogens with zero attached hydrogens (tertiary/aromatic N) is 1. The molecule has 0 spiro atoms. The number of halogens is 1. The molecule has 0 radical (unpaired) electrons. The molecule has 3 N–H and O–H groups in total. The molecule has 2 amide bonds. The van der Waals surface area contributed by atoms with E-state index in [9.17, 15) is 22.8 Å². The first-order valence-corrected chi connectivity index (χ1v) is 15.8. The summed E-state index contributed by atoms with van der Waals surface area (Å²) in [4.78, 5) is 40.1. The quantitative estimate of drug-likeness (QED) is 0.259. The van der Waals surface area contributed by atoms with E-state index in [1.54, 1.807) is 37.3 Å². The van der Waals surface area contributed by atoms with Gasteiger partial charge in [-0.25, -0.2) is 4.79 Å². The van der Waals surface area contributed by atoms with Crippen molar-refractivity contribution in [2.45, 2.75) is 65.2 Å². The largest absolute Gasteiger partial charge is 0.482 e. The maximum Gasteiger partial charge on any atom is 0.344 e. The van der Waals surface area contributed by atoms with Crippen LogP contribution in [0, 0.1) is 5.92 Å². The van der Waals surface area contributed by atoms with Crippen LogP contribution in [0.25, 0.3) is 0 Å².